The molecule has 190 valence electrons. The number of anilines is 1. The molecule has 3 rings (SSSR count). The second-order valence-electron chi connectivity index (χ2n) is 9.63. The van der Waals surface area contributed by atoms with E-state index in [9.17, 15) is 14.4 Å². The van der Waals surface area contributed by atoms with Gasteiger partial charge in [0.15, 0.2) is 12.1 Å². The average Bonchev–Trinajstić information content (AvgIpc) is 2.83. The first kappa shape index (κ1) is 28.0. The number of imide groups is 1. The highest BCUT2D eigenvalue weighted by Crippen LogP contribution is 2.29. The van der Waals surface area contributed by atoms with E-state index in [2.05, 4.69) is 36.2 Å². The number of methoxy groups -OCH3 is 2. The molecule has 0 saturated carbocycles. The van der Waals surface area contributed by atoms with Crippen molar-refractivity contribution in [3.8, 4) is 0 Å². The maximum Gasteiger partial charge on any atom is 0.229 e. The fourth-order valence-corrected chi connectivity index (χ4v) is 4.52. The Morgan fingerprint density at radius 3 is 2.29 bits per heavy atom. The first-order valence-electron chi connectivity index (χ1n) is 12.5. The minimum absolute atomic E-state index is 0.0164. The first-order valence-corrected chi connectivity index (χ1v) is 12.5. The van der Waals surface area contributed by atoms with Crippen LogP contribution in [0.25, 0.3) is 0 Å². The molecule has 2 atom stereocenters. The van der Waals surface area contributed by atoms with Crippen molar-refractivity contribution in [3.63, 3.8) is 0 Å². The van der Waals surface area contributed by atoms with Gasteiger partial charge >= 0.3 is 0 Å². The zero-order valence-electron chi connectivity index (χ0n) is 21.7. The van der Waals surface area contributed by atoms with Crippen molar-refractivity contribution in [3.05, 3.63) is 29.3 Å². The largest absolute Gasteiger partial charge is 0.372 e. The number of ketones is 1. The van der Waals surface area contributed by atoms with Crippen LogP contribution in [0, 0.1) is 17.8 Å². The molecule has 2 heterocycles. The summed E-state index contributed by atoms with van der Waals surface area (Å²) < 4.78 is 10.8. The molecule has 1 unspecified atom stereocenters. The zero-order chi connectivity index (χ0) is 25.3. The molecule has 0 aromatic heterocycles. The topological polar surface area (TPSA) is 84.9 Å². The number of carbonyl (C=O) groups is 3. The minimum atomic E-state index is -0.141. The summed E-state index contributed by atoms with van der Waals surface area (Å²) in [5, 5.41) is 2.25. The van der Waals surface area contributed by atoms with E-state index in [1.807, 2.05) is 13.0 Å². The quantitative estimate of drug-likeness (QED) is 0.342. The standard InChI is InChI=1S/C21H33NO3.C6H9NO2/c1-6-15(2)13-18-14-19(7-8-20(18)16(3)23)22-11-9-17(10-12-22)21(24-4)25-5;1-4-2-3-5(8)7-6(4)9/h7-8,14-15,17,21H,6,9-13H2,1-5H3;4H,2-3H2,1H3,(H,7,8,9)/t15-;/m1./s1. The van der Waals surface area contributed by atoms with Gasteiger partial charge in [-0.05, 0) is 62.3 Å². The molecule has 7 heteroatoms. The predicted octanol–water partition coefficient (Wildman–Crippen LogP) is 4.37. The molecule has 0 spiro atoms. The van der Waals surface area contributed by atoms with E-state index in [0.29, 0.717) is 24.7 Å². The van der Waals surface area contributed by atoms with Gasteiger partial charge in [-0.2, -0.15) is 0 Å². The maximum atomic E-state index is 12.0. The molecule has 0 radical (unpaired) electrons. The van der Waals surface area contributed by atoms with Gasteiger partial charge in [-0.1, -0.05) is 27.2 Å². The Hall–Kier alpha value is -2.25. The molecule has 2 fully saturated rings. The Labute approximate surface area is 204 Å². The molecule has 7 nitrogen and oxygen atoms in total. The second kappa shape index (κ2) is 13.6. The summed E-state index contributed by atoms with van der Waals surface area (Å²) in [4.78, 5) is 35.5. The number of carbonyl (C=O) groups excluding carboxylic acids is 3. The van der Waals surface area contributed by atoms with Crippen molar-refractivity contribution in [1.29, 1.82) is 0 Å². The van der Waals surface area contributed by atoms with E-state index >= 15 is 0 Å². The Bertz CT molecular complexity index is 828. The number of rotatable bonds is 8. The normalized spacial score (nSPS) is 20.0. The van der Waals surface area contributed by atoms with Gasteiger partial charge in [0.25, 0.3) is 0 Å². The van der Waals surface area contributed by atoms with E-state index in [-0.39, 0.29) is 29.8 Å². The van der Waals surface area contributed by atoms with Crippen LogP contribution in [0.5, 0.6) is 0 Å². The predicted molar refractivity (Wildman–Crippen MR) is 134 cm³/mol. The van der Waals surface area contributed by atoms with Crippen molar-refractivity contribution in [2.24, 2.45) is 17.8 Å². The van der Waals surface area contributed by atoms with E-state index in [1.165, 1.54) is 11.3 Å². The first-order chi connectivity index (χ1) is 16.2. The zero-order valence-corrected chi connectivity index (χ0v) is 21.7. The van der Waals surface area contributed by atoms with Crippen molar-refractivity contribution >= 4 is 23.3 Å². The molecule has 1 N–H and O–H groups in total. The fourth-order valence-electron chi connectivity index (χ4n) is 4.52. The number of ether oxygens (including phenoxy) is 2. The van der Waals surface area contributed by atoms with Crippen molar-refractivity contribution < 1.29 is 23.9 Å². The number of nitrogens with zero attached hydrogens (tertiary/aromatic N) is 1. The number of nitrogens with one attached hydrogen (secondary N) is 1. The van der Waals surface area contributed by atoms with E-state index in [0.717, 1.165) is 44.3 Å². The summed E-state index contributed by atoms with van der Waals surface area (Å²) in [5.74, 6) is 0.934. The van der Waals surface area contributed by atoms with Gasteiger partial charge in [-0.25, -0.2) is 0 Å². The SMILES string of the molecule is CC1CCC(=O)NC1=O.CC[C@@H](C)Cc1cc(N2CCC(C(OC)OC)CC2)ccc1C(C)=O. The van der Waals surface area contributed by atoms with E-state index in [1.54, 1.807) is 21.1 Å². The third kappa shape index (κ3) is 7.91. The number of hydrogen-bond acceptors (Lipinski definition) is 6. The molecular formula is C27H42N2O5. The number of hydrogen-bond donors (Lipinski definition) is 1. The van der Waals surface area contributed by atoms with Gasteiger partial charge in [-0.3, -0.25) is 19.7 Å². The third-order valence-corrected chi connectivity index (χ3v) is 7.00. The third-order valence-electron chi connectivity index (χ3n) is 7.00. The number of Topliss-reactive ketones (excluding diaryl/α,β-unsaturated/α-hetero) is 1. The number of benzene rings is 1. The summed E-state index contributed by atoms with van der Waals surface area (Å²) >= 11 is 0. The van der Waals surface area contributed by atoms with E-state index < -0.39 is 0 Å². The molecule has 0 aliphatic carbocycles. The molecule has 2 aliphatic heterocycles. The van der Waals surface area contributed by atoms with Crippen LogP contribution in [0.15, 0.2) is 18.2 Å². The van der Waals surface area contributed by atoms with Crippen LogP contribution < -0.4 is 10.2 Å². The van der Waals surface area contributed by atoms with Crippen LogP contribution in [-0.4, -0.2) is 51.2 Å². The molecule has 1 aromatic rings. The summed E-state index contributed by atoms with van der Waals surface area (Å²) in [6, 6.07) is 6.34. The lowest BCUT2D eigenvalue weighted by Crippen LogP contribution is -2.39. The van der Waals surface area contributed by atoms with Gasteiger partial charge in [0, 0.05) is 56.8 Å². The van der Waals surface area contributed by atoms with Gasteiger partial charge in [0.1, 0.15) is 0 Å². The van der Waals surface area contributed by atoms with Crippen LogP contribution in [0.2, 0.25) is 0 Å². The summed E-state index contributed by atoms with van der Waals surface area (Å²) in [6.45, 7) is 9.93. The molecule has 1 aromatic carbocycles. The van der Waals surface area contributed by atoms with Crippen LogP contribution in [-0.2, 0) is 25.5 Å². The highest BCUT2D eigenvalue weighted by molar-refractivity contribution is 5.98. The summed E-state index contributed by atoms with van der Waals surface area (Å²) in [5.41, 5.74) is 3.29. The Balaban J connectivity index is 0.000000379. The van der Waals surface area contributed by atoms with Crippen LogP contribution in [0.3, 0.4) is 0 Å². The Morgan fingerprint density at radius 2 is 1.79 bits per heavy atom. The highest BCUT2D eigenvalue weighted by atomic mass is 16.7. The molecule has 2 amide bonds. The second-order valence-corrected chi connectivity index (χ2v) is 9.63. The van der Waals surface area contributed by atoms with Crippen molar-refractivity contribution in [2.75, 3.05) is 32.2 Å². The molecule has 2 saturated heterocycles. The van der Waals surface area contributed by atoms with Gasteiger partial charge in [0.2, 0.25) is 11.8 Å². The van der Waals surface area contributed by atoms with Gasteiger partial charge in [0.05, 0.1) is 0 Å². The fraction of sp³-hybridized carbons (Fsp3) is 0.667. The molecule has 2 aliphatic rings. The average molecular weight is 475 g/mol. The number of amides is 2. The van der Waals surface area contributed by atoms with Crippen molar-refractivity contribution in [2.45, 2.75) is 72.5 Å². The monoisotopic (exact) mass is 474 g/mol. The Morgan fingerprint density at radius 1 is 1.15 bits per heavy atom. The van der Waals surface area contributed by atoms with Crippen LogP contribution in [0.1, 0.15) is 75.7 Å². The molecule has 0 bridgehead atoms. The lowest BCUT2D eigenvalue weighted by Gasteiger charge is -2.36. The minimum Gasteiger partial charge on any atom is -0.372 e. The number of piperidine rings is 2. The lowest BCUT2D eigenvalue weighted by molar-refractivity contribution is -0.141. The van der Waals surface area contributed by atoms with Gasteiger partial charge in [-0.15, -0.1) is 0 Å². The molecular weight excluding hydrogens is 432 g/mol. The van der Waals surface area contributed by atoms with Gasteiger partial charge < -0.3 is 14.4 Å². The highest BCUT2D eigenvalue weighted by Gasteiger charge is 2.27. The van der Waals surface area contributed by atoms with Crippen molar-refractivity contribution in [1.82, 2.24) is 5.32 Å². The van der Waals surface area contributed by atoms with E-state index in [4.69, 9.17) is 9.47 Å². The molecule has 34 heavy (non-hydrogen) atoms. The maximum absolute atomic E-state index is 12.0. The lowest BCUT2D eigenvalue weighted by atomic mass is 9.92. The summed E-state index contributed by atoms with van der Waals surface area (Å²) in [6.07, 6.45) is 5.29. The smallest absolute Gasteiger partial charge is 0.229 e. The Kier molecular flexibility index (Phi) is 11.2. The summed E-state index contributed by atoms with van der Waals surface area (Å²) in [7, 11) is 3.42. The van der Waals surface area contributed by atoms with Crippen LogP contribution in [0.4, 0.5) is 5.69 Å². The van der Waals surface area contributed by atoms with Crippen LogP contribution >= 0.6 is 0 Å².